The molecule has 0 unspecified atom stereocenters. The predicted molar refractivity (Wildman–Crippen MR) is 121 cm³/mol. The van der Waals surface area contributed by atoms with Crippen molar-refractivity contribution in [2.45, 2.75) is 70.4 Å². The Labute approximate surface area is 183 Å². The van der Waals surface area contributed by atoms with E-state index in [1.54, 1.807) is 19.1 Å². The zero-order valence-corrected chi connectivity index (χ0v) is 18.7. The zero-order valence-electron chi connectivity index (χ0n) is 18.7. The van der Waals surface area contributed by atoms with E-state index in [0.29, 0.717) is 23.1 Å². The van der Waals surface area contributed by atoms with Gasteiger partial charge in [-0.1, -0.05) is 6.07 Å². The number of aromatic nitrogens is 2. The fourth-order valence-corrected chi connectivity index (χ4v) is 4.58. The van der Waals surface area contributed by atoms with Crippen molar-refractivity contribution in [3.05, 3.63) is 46.4 Å². The minimum absolute atomic E-state index is 0.108. The second-order valence-corrected chi connectivity index (χ2v) is 9.03. The lowest BCUT2D eigenvalue weighted by Crippen LogP contribution is -2.40. The van der Waals surface area contributed by atoms with Crippen LogP contribution in [-0.4, -0.2) is 42.1 Å². The Balaban J connectivity index is 1.34. The SMILES string of the molecule is Cc1ccc(C(=O)N[C@H]2CC[C@@H](Nc3nc4c(c(N(C)C)n3)CCCC4)CC2)cc1F. The quantitative estimate of drug-likeness (QED) is 0.757. The molecule has 1 aromatic heterocycles. The van der Waals surface area contributed by atoms with E-state index in [2.05, 4.69) is 15.5 Å². The normalized spacial score (nSPS) is 20.6. The molecule has 0 radical (unpaired) electrons. The highest BCUT2D eigenvalue weighted by Crippen LogP contribution is 2.29. The van der Waals surface area contributed by atoms with Gasteiger partial charge in [0.1, 0.15) is 11.6 Å². The van der Waals surface area contributed by atoms with Crippen LogP contribution in [0.1, 0.15) is 65.7 Å². The van der Waals surface area contributed by atoms with Gasteiger partial charge in [0.2, 0.25) is 5.95 Å². The smallest absolute Gasteiger partial charge is 0.251 e. The Bertz CT molecular complexity index is 953. The van der Waals surface area contributed by atoms with E-state index in [-0.39, 0.29) is 17.8 Å². The number of rotatable bonds is 5. The fraction of sp³-hybridized carbons (Fsp3) is 0.542. The first-order valence-corrected chi connectivity index (χ1v) is 11.3. The van der Waals surface area contributed by atoms with E-state index in [1.807, 2.05) is 14.1 Å². The van der Waals surface area contributed by atoms with E-state index in [9.17, 15) is 9.18 Å². The number of nitrogens with zero attached hydrogens (tertiary/aromatic N) is 3. The number of amides is 1. The average Bonchev–Trinajstić information content (AvgIpc) is 2.76. The summed E-state index contributed by atoms with van der Waals surface area (Å²) in [4.78, 5) is 24.2. The van der Waals surface area contributed by atoms with Crippen molar-refractivity contribution in [3.8, 4) is 0 Å². The number of anilines is 2. The summed E-state index contributed by atoms with van der Waals surface area (Å²) in [5, 5.41) is 6.59. The molecule has 0 saturated heterocycles. The number of hydrogen-bond acceptors (Lipinski definition) is 5. The maximum absolute atomic E-state index is 13.8. The number of carbonyl (C=O) groups is 1. The van der Waals surface area contributed by atoms with Crippen molar-refractivity contribution in [2.24, 2.45) is 0 Å². The van der Waals surface area contributed by atoms with Crippen LogP contribution < -0.4 is 15.5 Å². The molecule has 7 heteroatoms. The Hall–Kier alpha value is -2.70. The summed E-state index contributed by atoms with van der Waals surface area (Å²) in [5.41, 5.74) is 3.39. The molecular formula is C24H32FN5O. The molecule has 4 rings (SSSR count). The molecule has 1 amide bonds. The molecule has 0 aliphatic heterocycles. The van der Waals surface area contributed by atoms with Gasteiger partial charge in [-0.25, -0.2) is 9.37 Å². The average molecular weight is 426 g/mol. The third-order valence-corrected chi connectivity index (χ3v) is 6.41. The molecule has 6 nitrogen and oxygen atoms in total. The van der Waals surface area contributed by atoms with Crippen LogP contribution in [0.25, 0.3) is 0 Å². The first-order valence-electron chi connectivity index (χ1n) is 11.3. The third-order valence-electron chi connectivity index (χ3n) is 6.41. The van der Waals surface area contributed by atoms with E-state index >= 15 is 0 Å². The molecule has 1 saturated carbocycles. The van der Waals surface area contributed by atoms with Crippen LogP contribution in [0.15, 0.2) is 18.2 Å². The highest BCUT2D eigenvalue weighted by atomic mass is 19.1. The van der Waals surface area contributed by atoms with Gasteiger partial charge in [0.25, 0.3) is 5.91 Å². The number of aryl methyl sites for hydroxylation is 2. The molecule has 0 atom stereocenters. The molecule has 1 aromatic carbocycles. The maximum atomic E-state index is 13.8. The Morgan fingerprint density at radius 1 is 1.06 bits per heavy atom. The topological polar surface area (TPSA) is 70.2 Å². The lowest BCUT2D eigenvalue weighted by molar-refractivity contribution is 0.0926. The van der Waals surface area contributed by atoms with Crippen LogP contribution in [0.5, 0.6) is 0 Å². The van der Waals surface area contributed by atoms with Crippen molar-refractivity contribution in [3.63, 3.8) is 0 Å². The second kappa shape index (κ2) is 9.20. The summed E-state index contributed by atoms with van der Waals surface area (Å²) in [6.45, 7) is 1.69. The van der Waals surface area contributed by atoms with E-state index in [4.69, 9.17) is 9.97 Å². The minimum Gasteiger partial charge on any atom is -0.362 e. The van der Waals surface area contributed by atoms with Crippen molar-refractivity contribution < 1.29 is 9.18 Å². The Morgan fingerprint density at radius 2 is 1.77 bits per heavy atom. The molecule has 0 bridgehead atoms. The van der Waals surface area contributed by atoms with Gasteiger partial charge in [-0.2, -0.15) is 4.98 Å². The minimum atomic E-state index is -0.345. The summed E-state index contributed by atoms with van der Waals surface area (Å²) in [6.07, 6.45) is 8.09. The van der Waals surface area contributed by atoms with Crippen LogP contribution >= 0.6 is 0 Å². The van der Waals surface area contributed by atoms with E-state index < -0.39 is 0 Å². The largest absolute Gasteiger partial charge is 0.362 e. The zero-order chi connectivity index (χ0) is 22.0. The van der Waals surface area contributed by atoms with Crippen LogP contribution in [0.3, 0.4) is 0 Å². The first-order chi connectivity index (χ1) is 14.9. The molecule has 2 aliphatic rings. The molecule has 0 spiro atoms. The molecule has 2 aromatic rings. The van der Waals surface area contributed by atoms with Crippen molar-refractivity contribution in [1.82, 2.24) is 15.3 Å². The number of hydrogen-bond donors (Lipinski definition) is 2. The van der Waals surface area contributed by atoms with E-state index in [1.165, 1.54) is 30.2 Å². The summed E-state index contributed by atoms with van der Waals surface area (Å²) >= 11 is 0. The van der Waals surface area contributed by atoms with Gasteiger partial charge < -0.3 is 15.5 Å². The van der Waals surface area contributed by atoms with Crippen molar-refractivity contribution >= 4 is 17.7 Å². The summed E-state index contributed by atoms with van der Waals surface area (Å²) in [7, 11) is 4.07. The first kappa shape index (κ1) is 21.5. The highest BCUT2D eigenvalue weighted by molar-refractivity contribution is 5.94. The van der Waals surface area contributed by atoms with Gasteiger partial charge in [-0.15, -0.1) is 0 Å². The molecule has 2 N–H and O–H groups in total. The highest BCUT2D eigenvalue weighted by Gasteiger charge is 2.25. The van der Waals surface area contributed by atoms with Gasteiger partial charge >= 0.3 is 0 Å². The standard InChI is InChI=1S/C24H32FN5O/c1-15-8-9-16(14-20(15)25)23(31)26-17-10-12-18(13-11-17)27-24-28-21-7-5-4-6-19(21)22(29-24)30(2)3/h8-9,14,17-18H,4-7,10-13H2,1-3H3,(H,26,31)(H,27,28,29)/t17-,18+. The third kappa shape index (κ3) is 4.97. The van der Waals surface area contributed by atoms with Crippen molar-refractivity contribution in [1.29, 1.82) is 0 Å². The van der Waals surface area contributed by atoms with Crippen LogP contribution in [-0.2, 0) is 12.8 Å². The number of benzene rings is 1. The molecule has 31 heavy (non-hydrogen) atoms. The number of fused-ring (bicyclic) bond motifs is 1. The molecule has 1 fully saturated rings. The van der Waals surface area contributed by atoms with Crippen LogP contribution in [0.2, 0.25) is 0 Å². The molecule has 2 aliphatic carbocycles. The summed E-state index contributed by atoms with van der Waals surface area (Å²) in [5.74, 6) is 1.19. The molecule has 1 heterocycles. The summed E-state index contributed by atoms with van der Waals surface area (Å²) in [6, 6.07) is 5.04. The van der Waals surface area contributed by atoms with Gasteiger partial charge in [0.05, 0.1) is 5.69 Å². The lowest BCUT2D eigenvalue weighted by Gasteiger charge is -2.30. The maximum Gasteiger partial charge on any atom is 0.251 e. The van der Waals surface area contributed by atoms with Crippen LogP contribution in [0.4, 0.5) is 16.2 Å². The van der Waals surface area contributed by atoms with Gasteiger partial charge in [-0.3, -0.25) is 4.79 Å². The fourth-order valence-electron chi connectivity index (χ4n) is 4.58. The van der Waals surface area contributed by atoms with Crippen LogP contribution in [0, 0.1) is 12.7 Å². The van der Waals surface area contributed by atoms with Gasteiger partial charge in [-0.05, 0) is 76.0 Å². The van der Waals surface area contributed by atoms with Crippen molar-refractivity contribution in [2.75, 3.05) is 24.3 Å². The second-order valence-electron chi connectivity index (χ2n) is 9.03. The van der Waals surface area contributed by atoms with E-state index in [0.717, 1.165) is 44.3 Å². The van der Waals surface area contributed by atoms with Gasteiger partial charge in [0.15, 0.2) is 0 Å². The number of carbonyl (C=O) groups excluding carboxylic acids is 1. The Kier molecular flexibility index (Phi) is 6.39. The predicted octanol–water partition coefficient (Wildman–Crippen LogP) is 4.02. The monoisotopic (exact) mass is 425 g/mol. The number of nitrogens with one attached hydrogen (secondary N) is 2. The lowest BCUT2D eigenvalue weighted by atomic mass is 9.91. The summed E-state index contributed by atoms with van der Waals surface area (Å²) < 4.78 is 13.8. The molecular weight excluding hydrogens is 393 g/mol. The Morgan fingerprint density at radius 3 is 2.48 bits per heavy atom. The molecule has 166 valence electrons. The van der Waals surface area contributed by atoms with Gasteiger partial charge in [0, 0.05) is 37.3 Å². The number of halogens is 1.